The standard InChI is InChI=1S/C18H21N3/c1-3-5-17-20-18-13(2)6-4-7-16(18)21(17)12-14-8-10-15(19)11-9-14/h4,6-11H,3,5,12,19H2,1-2H3. The third-order valence-corrected chi connectivity index (χ3v) is 3.85. The highest BCUT2D eigenvalue weighted by Gasteiger charge is 2.11. The maximum Gasteiger partial charge on any atom is 0.110 e. The Balaban J connectivity index is 2.08. The first kappa shape index (κ1) is 13.7. The number of fused-ring (bicyclic) bond motifs is 1. The molecule has 108 valence electrons. The van der Waals surface area contributed by atoms with Gasteiger partial charge in [-0.2, -0.15) is 0 Å². The van der Waals surface area contributed by atoms with E-state index in [-0.39, 0.29) is 0 Å². The minimum absolute atomic E-state index is 0.805. The van der Waals surface area contributed by atoms with Crippen LogP contribution in [0.3, 0.4) is 0 Å². The minimum atomic E-state index is 0.805. The van der Waals surface area contributed by atoms with Crippen LogP contribution in [0.5, 0.6) is 0 Å². The molecule has 3 rings (SSSR count). The van der Waals surface area contributed by atoms with Crippen LogP contribution in [-0.4, -0.2) is 9.55 Å². The van der Waals surface area contributed by atoms with Gasteiger partial charge in [0.15, 0.2) is 0 Å². The molecule has 0 saturated heterocycles. The number of hydrogen-bond acceptors (Lipinski definition) is 2. The molecule has 0 unspecified atom stereocenters. The normalized spacial score (nSPS) is 11.1. The summed E-state index contributed by atoms with van der Waals surface area (Å²) in [6.07, 6.45) is 2.10. The summed E-state index contributed by atoms with van der Waals surface area (Å²) in [5.41, 5.74) is 11.4. The van der Waals surface area contributed by atoms with E-state index < -0.39 is 0 Å². The van der Waals surface area contributed by atoms with Crippen molar-refractivity contribution in [3.8, 4) is 0 Å². The van der Waals surface area contributed by atoms with E-state index in [1.165, 1.54) is 22.5 Å². The van der Waals surface area contributed by atoms with Crippen molar-refractivity contribution in [2.75, 3.05) is 5.73 Å². The molecule has 3 heteroatoms. The van der Waals surface area contributed by atoms with Crippen molar-refractivity contribution in [1.29, 1.82) is 0 Å². The number of imidazole rings is 1. The number of nitrogens with two attached hydrogens (primary N) is 1. The van der Waals surface area contributed by atoms with E-state index in [2.05, 4.69) is 48.7 Å². The van der Waals surface area contributed by atoms with E-state index in [9.17, 15) is 0 Å². The maximum atomic E-state index is 5.77. The van der Waals surface area contributed by atoms with Crippen LogP contribution in [-0.2, 0) is 13.0 Å². The molecule has 1 heterocycles. The van der Waals surface area contributed by atoms with Crippen LogP contribution in [0.2, 0.25) is 0 Å². The van der Waals surface area contributed by atoms with Crippen molar-refractivity contribution in [2.45, 2.75) is 33.2 Å². The molecule has 3 aromatic rings. The van der Waals surface area contributed by atoms with Crippen molar-refractivity contribution >= 4 is 16.7 Å². The van der Waals surface area contributed by atoms with Gasteiger partial charge >= 0.3 is 0 Å². The van der Waals surface area contributed by atoms with Gasteiger partial charge in [0, 0.05) is 18.7 Å². The van der Waals surface area contributed by atoms with Gasteiger partial charge in [0.25, 0.3) is 0 Å². The van der Waals surface area contributed by atoms with Crippen LogP contribution in [0.4, 0.5) is 5.69 Å². The third-order valence-electron chi connectivity index (χ3n) is 3.85. The first-order valence-electron chi connectivity index (χ1n) is 7.48. The molecule has 0 aliphatic rings. The zero-order valence-electron chi connectivity index (χ0n) is 12.6. The predicted octanol–water partition coefficient (Wildman–Crippen LogP) is 3.93. The Morgan fingerprint density at radius 2 is 1.86 bits per heavy atom. The molecule has 3 nitrogen and oxygen atoms in total. The van der Waals surface area contributed by atoms with Gasteiger partial charge in [-0.15, -0.1) is 0 Å². The number of nitrogen functional groups attached to an aromatic ring is 1. The van der Waals surface area contributed by atoms with Gasteiger partial charge < -0.3 is 10.3 Å². The zero-order valence-corrected chi connectivity index (χ0v) is 12.6. The van der Waals surface area contributed by atoms with Crippen molar-refractivity contribution in [3.05, 3.63) is 59.4 Å². The summed E-state index contributed by atoms with van der Waals surface area (Å²) in [7, 11) is 0. The SMILES string of the molecule is CCCc1nc2c(C)cccc2n1Cc1ccc(N)cc1. The minimum Gasteiger partial charge on any atom is -0.399 e. The molecule has 0 amide bonds. The lowest BCUT2D eigenvalue weighted by atomic mass is 10.2. The third kappa shape index (κ3) is 2.64. The second kappa shape index (κ2) is 5.60. The van der Waals surface area contributed by atoms with E-state index in [1.54, 1.807) is 0 Å². The van der Waals surface area contributed by atoms with E-state index in [0.29, 0.717) is 0 Å². The fourth-order valence-electron chi connectivity index (χ4n) is 2.73. The lowest BCUT2D eigenvalue weighted by Crippen LogP contribution is -2.05. The number of nitrogens with zero attached hydrogens (tertiary/aromatic N) is 2. The number of anilines is 1. The average molecular weight is 279 g/mol. The fourth-order valence-corrected chi connectivity index (χ4v) is 2.73. The van der Waals surface area contributed by atoms with E-state index >= 15 is 0 Å². The van der Waals surface area contributed by atoms with Crippen LogP contribution in [0.15, 0.2) is 42.5 Å². The average Bonchev–Trinajstić information content (AvgIpc) is 2.82. The monoisotopic (exact) mass is 279 g/mol. The molecule has 0 aliphatic carbocycles. The molecule has 2 aromatic carbocycles. The highest BCUT2D eigenvalue weighted by atomic mass is 15.1. The number of aryl methyl sites for hydroxylation is 2. The topological polar surface area (TPSA) is 43.8 Å². The highest BCUT2D eigenvalue weighted by molar-refractivity contribution is 5.79. The molecule has 0 radical (unpaired) electrons. The maximum absolute atomic E-state index is 5.77. The number of aromatic nitrogens is 2. The number of hydrogen-bond donors (Lipinski definition) is 1. The molecule has 0 aliphatic heterocycles. The summed E-state index contributed by atoms with van der Waals surface area (Å²) in [5, 5.41) is 0. The van der Waals surface area contributed by atoms with Crippen LogP contribution >= 0.6 is 0 Å². The number of rotatable bonds is 4. The van der Waals surface area contributed by atoms with Crippen LogP contribution < -0.4 is 5.73 Å². The molecular formula is C18H21N3. The Hall–Kier alpha value is -2.29. The van der Waals surface area contributed by atoms with E-state index in [0.717, 1.165) is 30.6 Å². The summed E-state index contributed by atoms with van der Waals surface area (Å²) in [5.74, 6) is 1.17. The van der Waals surface area contributed by atoms with Crippen molar-refractivity contribution in [1.82, 2.24) is 9.55 Å². The van der Waals surface area contributed by atoms with Crippen molar-refractivity contribution < 1.29 is 0 Å². The molecule has 21 heavy (non-hydrogen) atoms. The predicted molar refractivity (Wildman–Crippen MR) is 88.4 cm³/mol. The van der Waals surface area contributed by atoms with Gasteiger partial charge in [-0.1, -0.05) is 31.2 Å². The van der Waals surface area contributed by atoms with Crippen molar-refractivity contribution in [2.24, 2.45) is 0 Å². The Morgan fingerprint density at radius 1 is 1.10 bits per heavy atom. The second-order valence-electron chi connectivity index (χ2n) is 5.55. The number of para-hydroxylation sites is 1. The Kier molecular flexibility index (Phi) is 3.65. The van der Waals surface area contributed by atoms with Crippen LogP contribution in [0.25, 0.3) is 11.0 Å². The van der Waals surface area contributed by atoms with E-state index in [4.69, 9.17) is 10.7 Å². The first-order valence-corrected chi connectivity index (χ1v) is 7.48. The molecule has 0 spiro atoms. The largest absolute Gasteiger partial charge is 0.399 e. The molecule has 0 bridgehead atoms. The molecule has 0 atom stereocenters. The summed E-state index contributed by atoms with van der Waals surface area (Å²) in [6, 6.07) is 14.5. The van der Waals surface area contributed by atoms with Gasteiger partial charge in [-0.05, 0) is 42.7 Å². The zero-order chi connectivity index (χ0) is 14.8. The Labute approximate surface area is 125 Å². The molecule has 0 saturated carbocycles. The first-order chi connectivity index (χ1) is 10.2. The molecular weight excluding hydrogens is 258 g/mol. The summed E-state index contributed by atoms with van der Waals surface area (Å²) >= 11 is 0. The van der Waals surface area contributed by atoms with Gasteiger partial charge in [-0.3, -0.25) is 0 Å². The van der Waals surface area contributed by atoms with Gasteiger partial charge in [0.05, 0.1) is 11.0 Å². The smallest absolute Gasteiger partial charge is 0.110 e. The van der Waals surface area contributed by atoms with Gasteiger partial charge in [-0.25, -0.2) is 4.98 Å². The summed E-state index contributed by atoms with van der Waals surface area (Å²) < 4.78 is 2.33. The highest BCUT2D eigenvalue weighted by Crippen LogP contribution is 2.22. The second-order valence-corrected chi connectivity index (χ2v) is 5.55. The number of benzene rings is 2. The summed E-state index contributed by atoms with van der Waals surface area (Å²) in [6.45, 7) is 5.16. The quantitative estimate of drug-likeness (QED) is 0.735. The van der Waals surface area contributed by atoms with Crippen molar-refractivity contribution in [3.63, 3.8) is 0 Å². The molecule has 2 N–H and O–H groups in total. The lowest BCUT2D eigenvalue weighted by molar-refractivity contribution is 0.722. The lowest BCUT2D eigenvalue weighted by Gasteiger charge is -2.09. The molecule has 0 fully saturated rings. The van der Waals surface area contributed by atoms with Crippen LogP contribution in [0, 0.1) is 6.92 Å². The van der Waals surface area contributed by atoms with Gasteiger partial charge in [0.1, 0.15) is 5.82 Å². The van der Waals surface area contributed by atoms with Gasteiger partial charge in [0.2, 0.25) is 0 Å². The fraction of sp³-hybridized carbons (Fsp3) is 0.278. The summed E-state index contributed by atoms with van der Waals surface area (Å²) in [4.78, 5) is 4.85. The van der Waals surface area contributed by atoms with Crippen LogP contribution in [0.1, 0.15) is 30.3 Å². The molecule has 1 aromatic heterocycles. The Bertz CT molecular complexity index is 754. The van der Waals surface area contributed by atoms with E-state index in [1.807, 2.05) is 12.1 Å². The Morgan fingerprint density at radius 3 is 2.57 bits per heavy atom.